The molecule has 1 aromatic carbocycles. The highest BCUT2D eigenvalue weighted by molar-refractivity contribution is 7.09. The normalized spacial score (nSPS) is 13.9. The predicted molar refractivity (Wildman–Crippen MR) is 133 cm³/mol. The molecule has 3 N–H and O–H groups in total. The molecule has 1 aromatic heterocycles. The zero-order chi connectivity index (χ0) is 26.2. The van der Waals surface area contributed by atoms with Gasteiger partial charge in [-0.05, 0) is 47.5 Å². The number of ether oxygens (including phenoxy) is 1. The first-order chi connectivity index (χ1) is 16.3. The number of nitrogens with zero attached hydrogens (tertiary/aromatic N) is 1. The average Bonchev–Trinajstić information content (AvgIpc) is 3.27. The summed E-state index contributed by atoms with van der Waals surface area (Å²) in [6.07, 6.45) is -1.06. The van der Waals surface area contributed by atoms with Crippen LogP contribution in [0.3, 0.4) is 0 Å². The summed E-state index contributed by atoms with van der Waals surface area (Å²) in [6, 6.07) is 8.27. The molecule has 0 aliphatic rings. The van der Waals surface area contributed by atoms with Gasteiger partial charge in [0.2, 0.25) is 5.91 Å². The van der Waals surface area contributed by atoms with Crippen molar-refractivity contribution in [2.24, 2.45) is 11.1 Å². The van der Waals surface area contributed by atoms with Gasteiger partial charge in [0.05, 0.1) is 13.2 Å². The lowest BCUT2D eigenvalue weighted by Gasteiger charge is -2.26. The van der Waals surface area contributed by atoms with E-state index in [9.17, 15) is 22.8 Å². The maximum absolute atomic E-state index is 13.2. The molecule has 0 spiro atoms. The minimum Gasteiger partial charge on any atom is -0.497 e. The lowest BCUT2D eigenvalue weighted by atomic mass is 9.87. The lowest BCUT2D eigenvalue weighted by molar-refractivity contribution is -0.170. The highest BCUT2D eigenvalue weighted by Crippen LogP contribution is 2.26. The topological polar surface area (TPSA) is 84.7 Å². The van der Waals surface area contributed by atoms with Gasteiger partial charge in [-0.3, -0.25) is 9.59 Å². The van der Waals surface area contributed by atoms with Crippen molar-refractivity contribution in [2.45, 2.75) is 51.9 Å². The number of nitrogens with one attached hydrogen (secondary N) is 1. The standard InChI is InChI=1S/C25H32F3N3O3S/c1-24(2,3)16-17(30-22(32)21(29)15-20-8-6-14-35-20)7-5-13-31(23(33)25(26,27)28)18-9-11-19(34-4)12-10-18/h5-12,14,17,21H,13,15-16,29H2,1-4H3,(H,30,32)/b7-5+/t17-,21+/m1/s1. The number of benzene rings is 1. The monoisotopic (exact) mass is 511 g/mol. The predicted octanol–water partition coefficient (Wildman–Crippen LogP) is 4.70. The van der Waals surface area contributed by atoms with Crippen molar-refractivity contribution in [1.82, 2.24) is 5.32 Å². The number of halogens is 3. The van der Waals surface area contributed by atoms with Gasteiger partial charge in [0.1, 0.15) is 5.75 Å². The van der Waals surface area contributed by atoms with Gasteiger partial charge in [-0.25, -0.2) is 0 Å². The molecule has 1 heterocycles. The van der Waals surface area contributed by atoms with Crippen LogP contribution in [0.15, 0.2) is 53.9 Å². The molecule has 6 nitrogen and oxygen atoms in total. The van der Waals surface area contributed by atoms with Crippen molar-refractivity contribution in [3.8, 4) is 5.75 Å². The number of amides is 2. The fraction of sp³-hybridized carbons (Fsp3) is 0.440. The Morgan fingerprint density at radius 1 is 1.17 bits per heavy atom. The molecule has 0 fully saturated rings. The average molecular weight is 512 g/mol. The molecule has 0 bridgehead atoms. The Bertz CT molecular complexity index is 984. The number of hydrogen-bond donors (Lipinski definition) is 2. The van der Waals surface area contributed by atoms with E-state index in [0.717, 1.165) is 4.88 Å². The first-order valence-corrected chi connectivity index (χ1v) is 12.0. The molecule has 0 unspecified atom stereocenters. The smallest absolute Gasteiger partial charge is 0.471 e. The molecular formula is C25H32F3N3O3S. The van der Waals surface area contributed by atoms with E-state index >= 15 is 0 Å². The molecule has 0 radical (unpaired) electrons. The van der Waals surface area contributed by atoms with Gasteiger partial charge in [-0.15, -0.1) is 11.3 Å². The zero-order valence-corrected chi connectivity index (χ0v) is 21.1. The molecule has 0 saturated carbocycles. The van der Waals surface area contributed by atoms with Gasteiger partial charge in [0.25, 0.3) is 0 Å². The first-order valence-electron chi connectivity index (χ1n) is 11.1. The Morgan fingerprint density at radius 3 is 2.34 bits per heavy atom. The molecule has 0 aliphatic heterocycles. The van der Waals surface area contributed by atoms with Crippen LogP contribution in [0.4, 0.5) is 18.9 Å². The Labute approximate surface area is 207 Å². The van der Waals surface area contributed by atoms with Crippen LogP contribution >= 0.6 is 11.3 Å². The lowest BCUT2D eigenvalue weighted by Crippen LogP contribution is -2.47. The van der Waals surface area contributed by atoms with Crippen LogP contribution in [0.25, 0.3) is 0 Å². The van der Waals surface area contributed by atoms with Crippen LogP contribution in [-0.2, 0) is 16.0 Å². The summed E-state index contributed by atoms with van der Waals surface area (Å²) in [7, 11) is 1.44. The van der Waals surface area contributed by atoms with Gasteiger partial charge in [-0.1, -0.05) is 39.0 Å². The Kier molecular flexibility index (Phi) is 9.91. The number of carbonyl (C=O) groups is 2. The second-order valence-electron chi connectivity index (χ2n) is 9.31. The van der Waals surface area contributed by atoms with E-state index in [1.54, 1.807) is 6.08 Å². The number of rotatable bonds is 10. The number of methoxy groups -OCH3 is 1. The maximum atomic E-state index is 13.2. The maximum Gasteiger partial charge on any atom is 0.471 e. The van der Waals surface area contributed by atoms with Crippen LogP contribution < -0.4 is 20.7 Å². The van der Waals surface area contributed by atoms with Crippen LogP contribution in [0.1, 0.15) is 32.1 Å². The molecule has 2 amide bonds. The van der Waals surface area contributed by atoms with E-state index in [4.69, 9.17) is 10.5 Å². The van der Waals surface area contributed by atoms with E-state index in [1.165, 1.54) is 48.8 Å². The molecule has 2 aromatic rings. The van der Waals surface area contributed by atoms with Crippen LogP contribution in [-0.4, -0.2) is 43.7 Å². The summed E-state index contributed by atoms with van der Waals surface area (Å²) in [5.74, 6) is -1.88. The molecule has 35 heavy (non-hydrogen) atoms. The summed E-state index contributed by atoms with van der Waals surface area (Å²) in [4.78, 5) is 26.4. The summed E-state index contributed by atoms with van der Waals surface area (Å²) >= 11 is 1.51. The van der Waals surface area contributed by atoms with E-state index in [-0.39, 0.29) is 23.6 Å². The van der Waals surface area contributed by atoms with E-state index in [0.29, 0.717) is 23.5 Å². The SMILES string of the molecule is COc1ccc(N(C/C=C/[C@H](CC(C)(C)C)NC(=O)[C@@H](N)Cc2cccs2)C(=O)C(F)(F)F)cc1. The third-order valence-corrected chi connectivity index (χ3v) is 5.92. The van der Waals surface area contributed by atoms with Crippen LogP contribution in [0, 0.1) is 5.41 Å². The van der Waals surface area contributed by atoms with Crippen molar-refractivity contribution in [1.29, 1.82) is 0 Å². The summed E-state index contributed by atoms with van der Waals surface area (Å²) in [5.41, 5.74) is 5.96. The van der Waals surface area contributed by atoms with E-state index in [2.05, 4.69) is 5.32 Å². The first kappa shape index (κ1) is 28.4. The number of hydrogen-bond acceptors (Lipinski definition) is 5. The van der Waals surface area contributed by atoms with E-state index in [1.807, 2.05) is 38.3 Å². The van der Waals surface area contributed by atoms with Gasteiger partial charge < -0.3 is 20.7 Å². The second kappa shape index (κ2) is 12.2. The van der Waals surface area contributed by atoms with Crippen molar-refractivity contribution in [3.63, 3.8) is 0 Å². The van der Waals surface area contributed by atoms with Crippen molar-refractivity contribution < 1.29 is 27.5 Å². The summed E-state index contributed by atoms with van der Waals surface area (Å²) in [6.45, 7) is 5.63. The molecule has 2 atom stereocenters. The Hall–Kier alpha value is -2.85. The van der Waals surface area contributed by atoms with Crippen LogP contribution in [0.2, 0.25) is 0 Å². The Balaban J connectivity index is 2.17. The Morgan fingerprint density at radius 2 is 1.83 bits per heavy atom. The number of anilines is 1. The summed E-state index contributed by atoms with van der Waals surface area (Å²) < 4.78 is 44.8. The molecule has 0 saturated heterocycles. The molecule has 192 valence electrons. The molecule has 10 heteroatoms. The van der Waals surface area contributed by atoms with Crippen molar-refractivity contribution in [2.75, 3.05) is 18.6 Å². The largest absolute Gasteiger partial charge is 0.497 e. The second-order valence-corrected chi connectivity index (χ2v) is 10.3. The summed E-state index contributed by atoms with van der Waals surface area (Å²) in [5, 5.41) is 4.79. The van der Waals surface area contributed by atoms with Gasteiger partial charge in [0, 0.05) is 29.6 Å². The van der Waals surface area contributed by atoms with Gasteiger partial charge in [-0.2, -0.15) is 13.2 Å². The number of nitrogens with two attached hydrogens (primary N) is 1. The highest BCUT2D eigenvalue weighted by atomic mass is 32.1. The fourth-order valence-corrected chi connectivity index (χ4v) is 4.17. The number of thiophene rings is 1. The minimum atomic E-state index is -5.04. The highest BCUT2D eigenvalue weighted by Gasteiger charge is 2.42. The third kappa shape index (κ3) is 9.37. The number of alkyl halides is 3. The fourth-order valence-electron chi connectivity index (χ4n) is 3.41. The van der Waals surface area contributed by atoms with Crippen LogP contribution in [0.5, 0.6) is 5.75 Å². The molecular weight excluding hydrogens is 479 g/mol. The third-order valence-electron chi connectivity index (χ3n) is 5.03. The van der Waals surface area contributed by atoms with Crippen molar-refractivity contribution >= 4 is 28.8 Å². The van der Waals surface area contributed by atoms with Gasteiger partial charge in [0.15, 0.2) is 0 Å². The minimum absolute atomic E-state index is 0.0761. The molecule has 2 rings (SSSR count). The number of carbonyl (C=O) groups excluding carboxylic acids is 2. The quantitative estimate of drug-likeness (QED) is 0.453. The zero-order valence-electron chi connectivity index (χ0n) is 20.3. The van der Waals surface area contributed by atoms with E-state index < -0.39 is 24.2 Å². The van der Waals surface area contributed by atoms with Crippen molar-refractivity contribution in [3.05, 3.63) is 58.8 Å². The molecule has 0 aliphatic carbocycles. The van der Waals surface area contributed by atoms with Gasteiger partial charge >= 0.3 is 12.1 Å².